The molecule has 0 unspecified atom stereocenters. The second-order valence-corrected chi connectivity index (χ2v) is 9.26. The molecule has 4 aromatic carbocycles. The van der Waals surface area contributed by atoms with Crippen LogP contribution in [0.2, 0.25) is 0 Å². The number of anilines is 5. The lowest BCUT2D eigenvalue weighted by molar-refractivity contribution is 1.24. The molecular formula is C34H24N4. The highest BCUT2D eigenvalue weighted by atomic mass is 15.1. The van der Waals surface area contributed by atoms with Crippen LogP contribution in [0.25, 0.3) is 33.6 Å². The summed E-state index contributed by atoms with van der Waals surface area (Å²) in [5.74, 6) is 1.52. The molecule has 6 aromatic rings. The zero-order valence-electron chi connectivity index (χ0n) is 20.6. The van der Waals surface area contributed by atoms with E-state index in [2.05, 4.69) is 113 Å². The van der Waals surface area contributed by atoms with Gasteiger partial charge < -0.3 is 10.2 Å². The molecule has 0 amide bonds. The summed E-state index contributed by atoms with van der Waals surface area (Å²) >= 11 is 0. The molecular weight excluding hydrogens is 464 g/mol. The number of fused-ring (bicyclic) bond motifs is 10. The Bertz CT molecular complexity index is 1670. The molecule has 2 aromatic heterocycles. The van der Waals surface area contributed by atoms with E-state index in [9.17, 15) is 0 Å². The maximum absolute atomic E-state index is 4.91. The molecule has 0 fully saturated rings. The van der Waals surface area contributed by atoms with E-state index >= 15 is 0 Å². The predicted molar refractivity (Wildman–Crippen MR) is 156 cm³/mol. The average molecular weight is 489 g/mol. The van der Waals surface area contributed by atoms with Gasteiger partial charge in [-0.15, -0.1) is 0 Å². The van der Waals surface area contributed by atoms with Crippen LogP contribution >= 0.6 is 0 Å². The Hall–Kier alpha value is -5.22. The van der Waals surface area contributed by atoms with Gasteiger partial charge in [-0.05, 0) is 60.2 Å². The Balaban J connectivity index is 1.52. The number of nitrogens with one attached hydrogen (secondary N) is 1. The van der Waals surface area contributed by atoms with Gasteiger partial charge in [-0.2, -0.15) is 0 Å². The highest BCUT2D eigenvalue weighted by Gasteiger charge is 2.19. The van der Waals surface area contributed by atoms with Crippen molar-refractivity contribution in [3.8, 4) is 33.6 Å². The van der Waals surface area contributed by atoms with Gasteiger partial charge in [-0.25, -0.2) is 9.97 Å². The third-order valence-electron chi connectivity index (χ3n) is 6.78. The number of pyridine rings is 2. The molecule has 1 aliphatic heterocycles. The molecule has 4 nitrogen and oxygen atoms in total. The van der Waals surface area contributed by atoms with Crippen LogP contribution in [0, 0.1) is 0 Å². The predicted octanol–water partition coefficient (Wildman–Crippen LogP) is 9.00. The van der Waals surface area contributed by atoms with E-state index in [0.29, 0.717) is 0 Å². The van der Waals surface area contributed by atoms with Gasteiger partial charge in [0.05, 0.1) is 17.1 Å². The van der Waals surface area contributed by atoms with Crippen LogP contribution in [0.5, 0.6) is 0 Å². The summed E-state index contributed by atoms with van der Waals surface area (Å²) in [6.45, 7) is 0. The van der Waals surface area contributed by atoms with Gasteiger partial charge in [-0.1, -0.05) is 84.9 Å². The molecule has 0 spiro atoms. The third kappa shape index (κ3) is 4.08. The van der Waals surface area contributed by atoms with Gasteiger partial charge >= 0.3 is 0 Å². The number of nitrogens with zero attached hydrogens (tertiary/aromatic N) is 3. The molecule has 1 aliphatic rings. The normalized spacial score (nSPS) is 11.8. The Kier molecular flexibility index (Phi) is 5.41. The summed E-state index contributed by atoms with van der Waals surface area (Å²) in [5, 5.41) is 3.38. The van der Waals surface area contributed by atoms with Gasteiger partial charge in [-0.3, -0.25) is 0 Å². The van der Waals surface area contributed by atoms with Crippen LogP contribution in [-0.4, -0.2) is 9.97 Å². The highest BCUT2D eigenvalue weighted by Crippen LogP contribution is 2.42. The van der Waals surface area contributed by atoms with Crippen LogP contribution < -0.4 is 10.2 Å². The molecule has 8 bridgehead atoms. The van der Waals surface area contributed by atoms with Gasteiger partial charge in [0.25, 0.3) is 0 Å². The smallest absolute Gasteiger partial charge is 0.132 e. The Morgan fingerprint density at radius 1 is 0.447 bits per heavy atom. The van der Waals surface area contributed by atoms with E-state index in [0.717, 1.165) is 56.8 Å². The highest BCUT2D eigenvalue weighted by molar-refractivity contribution is 5.89. The van der Waals surface area contributed by atoms with Gasteiger partial charge in [0, 0.05) is 28.1 Å². The monoisotopic (exact) mass is 488 g/mol. The summed E-state index contributed by atoms with van der Waals surface area (Å²) in [6, 6.07) is 48.4. The second kappa shape index (κ2) is 9.34. The summed E-state index contributed by atoms with van der Waals surface area (Å²) in [6.07, 6.45) is 0. The maximum atomic E-state index is 4.91. The minimum absolute atomic E-state index is 0.759. The number of rotatable bonds is 2. The fourth-order valence-electron chi connectivity index (χ4n) is 5.03. The molecule has 0 radical (unpaired) electrons. The van der Waals surface area contributed by atoms with Crippen LogP contribution in [0.1, 0.15) is 0 Å². The number of aromatic nitrogens is 2. The van der Waals surface area contributed by atoms with Crippen molar-refractivity contribution < 1.29 is 0 Å². The van der Waals surface area contributed by atoms with Crippen LogP contribution in [0.4, 0.5) is 28.7 Å². The number of para-hydroxylation sites is 1. The Labute approximate surface area is 221 Å². The number of benzene rings is 4. The van der Waals surface area contributed by atoms with Crippen molar-refractivity contribution in [3.63, 3.8) is 0 Å². The molecule has 4 heteroatoms. The zero-order chi connectivity index (χ0) is 25.3. The van der Waals surface area contributed by atoms with Crippen LogP contribution in [0.15, 0.2) is 140 Å². The lowest BCUT2D eigenvalue weighted by Crippen LogP contribution is -2.11. The third-order valence-corrected chi connectivity index (χ3v) is 6.78. The maximum Gasteiger partial charge on any atom is 0.132 e. The zero-order valence-corrected chi connectivity index (χ0v) is 20.6. The Morgan fingerprint density at radius 2 is 0.974 bits per heavy atom. The lowest BCUT2D eigenvalue weighted by Gasteiger charge is -2.28. The number of hydrogen-bond donors (Lipinski definition) is 1. The van der Waals surface area contributed by atoms with Gasteiger partial charge in [0.2, 0.25) is 0 Å². The number of hydrogen-bond acceptors (Lipinski definition) is 4. The van der Waals surface area contributed by atoms with E-state index in [4.69, 9.17) is 9.97 Å². The summed E-state index contributed by atoms with van der Waals surface area (Å²) in [4.78, 5) is 12.1. The second-order valence-electron chi connectivity index (χ2n) is 9.26. The molecule has 1 N–H and O–H groups in total. The largest absolute Gasteiger partial charge is 0.325 e. The van der Waals surface area contributed by atoms with Crippen LogP contribution in [-0.2, 0) is 0 Å². The van der Waals surface area contributed by atoms with Crippen molar-refractivity contribution >= 4 is 28.7 Å². The van der Waals surface area contributed by atoms with Gasteiger partial charge in [0.15, 0.2) is 0 Å². The SMILES string of the molecule is c1ccc(-c2ccccc2N2c3cccc(c3)-c3cccc(n3)Nc3cccc(n3)-c3cccc2c3)cc1. The summed E-state index contributed by atoms with van der Waals surface area (Å²) in [7, 11) is 0. The van der Waals surface area contributed by atoms with Gasteiger partial charge in [0.1, 0.15) is 11.6 Å². The summed E-state index contributed by atoms with van der Waals surface area (Å²) < 4.78 is 0. The Morgan fingerprint density at radius 3 is 1.61 bits per heavy atom. The molecule has 0 saturated heterocycles. The molecule has 0 saturated carbocycles. The first-order chi connectivity index (χ1) is 18.8. The lowest BCUT2D eigenvalue weighted by atomic mass is 10.0. The molecule has 3 heterocycles. The van der Waals surface area contributed by atoms with E-state index in [1.807, 2.05) is 36.4 Å². The fourth-order valence-corrected chi connectivity index (χ4v) is 5.03. The molecule has 38 heavy (non-hydrogen) atoms. The standard InChI is InChI=1S/C34H24N4/c1-2-10-24(11-3-1)29-16-4-5-19-32(29)38-27-14-6-12-25(22-27)30-17-8-20-33(35-30)37-34-21-9-18-31(36-34)26-13-7-15-28(38)23-26/h1-23H,(H,35,36,37). The first-order valence-corrected chi connectivity index (χ1v) is 12.7. The average Bonchev–Trinajstić information content (AvgIpc) is 2.98. The molecule has 0 aliphatic carbocycles. The van der Waals surface area contributed by atoms with Crippen molar-refractivity contribution in [1.82, 2.24) is 9.97 Å². The topological polar surface area (TPSA) is 41.1 Å². The van der Waals surface area contributed by atoms with Crippen molar-refractivity contribution in [2.45, 2.75) is 0 Å². The molecule has 7 rings (SSSR count). The molecule has 0 atom stereocenters. The van der Waals surface area contributed by atoms with E-state index in [-0.39, 0.29) is 0 Å². The quantitative estimate of drug-likeness (QED) is 0.264. The van der Waals surface area contributed by atoms with Crippen LogP contribution in [0.3, 0.4) is 0 Å². The first kappa shape index (κ1) is 22.0. The van der Waals surface area contributed by atoms with E-state index in [1.165, 1.54) is 5.56 Å². The van der Waals surface area contributed by atoms with Crippen molar-refractivity contribution in [2.75, 3.05) is 10.2 Å². The minimum atomic E-state index is 0.759. The van der Waals surface area contributed by atoms with E-state index < -0.39 is 0 Å². The van der Waals surface area contributed by atoms with Crippen molar-refractivity contribution in [1.29, 1.82) is 0 Å². The fraction of sp³-hybridized carbons (Fsp3) is 0. The van der Waals surface area contributed by atoms with Crippen molar-refractivity contribution in [3.05, 3.63) is 140 Å². The minimum Gasteiger partial charge on any atom is -0.325 e. The van der Waals surface area contributed by atoms with Crippen molar-refractivity contribution in [2.24, 2.45) is 0 Å². The first-order valence-electron chi connectivity index (χ1n) is 12.7. The summed E-state index contributed by atoms with van der Waals surface area (Å²) in [5.41, 5.74) is 9.44. The van der Waals surface area contributed by atoms with E-state index in [1.54, 1.807) is 0 Å². The molecule has 180 valence electrons.